The summed E-state index contributed by atoms with van der Waals surface area (Å²) in [4.78, 5) is 0. The first-order valence-electron chi connectivity index (χ1n) is 3.71. The molecule has 1 nitrogen and oxygen atoms in total. The number of rotatable bonds is 2. The van der Waals surface area contributed by atoms with E-state index in [0.717, 1.165) is 13.0 Å². The Hall–Kier alpha value is -0.300. The van der Waals surface area contributed by atoms with E-state index >= 15 is 0 Å². The van der Waals surface area contributed by atoms with Gasteiger partial charge in [0.1, 0.15) is 0 Å². The van der Waals surface area contributed by atoms with Crippen LogP contribution in [0.15, 0.2) is 12.2 Å². The van der Waals surface area contributed by atoms with Crippen LogP contribution in [0.5, 0.6) is 0 Å². The Balaban J connectivity index is 2.18. The van der Waals surface area contributed by atoms with Crippen LogP contribution in [0.2, 0.25) is 0 Å². The molecule has 1 saturated heterocycles. The molecule has 0 saturated carbocycles. The summed E-state index contributed by atoms with van der Waals surface area (Å²) in [6.45, 7) is 3.10. The van der Waals surface area contributed by atoms with Gasteiger partial charge in [-0.05, 0) is 19.3 Å². The van der Waals surface area contributed by atoms with E-state index in [1.54, 1.807) is 0 Å². The molecule has 0 amide bonds. The maximum absolute atomic E-state index is 5.37. The minimum absolute atomic E-state index is 0.435. The third kappa shape index (κ3) is 2.19. The van der Waals surface area contributed by atoms with Crippen LogP contribution in [0.1, 0.15) is 26.2 Å². The molecule has 0 bridgehead atoms. The van der Waals surface area contributed by atoms with Crippen molar-refractivity contribution in [2.75, 3.05) is 6.61 Å². The number of hydrogen-bond donors (Lipinski definition) is 0. The second kappa shape index (κ2) is 3.67. The summed E-state index contributed by atoms with van der Waals surface area (Å²) >= 11 is 0. The monoisotopic (exact) mass is 126 g/mol. The van der Waals surface area contributed by atoms with Crippen LogP contribution in [0.4, 0.5) is 0 Å². The molecule has 1 aliphatic heterocycles. The normalized spacial score (nSPS) is 27.9. The van der Waals surface area contributed by atoms with Gasteiger partial charge in [0.25, 0.3) is 0 Å². The van der Waals surface area contributed by atoms with Crippen molar-refractivity contribution in [1.82, 2.24) is 0 Å². The Labute approximate surface area is 56.7 Å². The molecule has 0 aromatic carbocycles. The summed E-state index contributed by atoms with van der Waals surface area (Å²) in [6, 6.07) is 0. The Kier molecular flexibility index (Phi) is 2.78. The van der Waals surface area contributed by atoms with Crippen molar-refractivity contribution in [3.05, 3.63) is 12.2 Å². The minimum atomic E-state index is 0.435. The highest BCUT2D eigenvalue weighted by molar-refractivity contribution is 4.90. The zero-order valence-corrected chi connectivity index (χ0v) is 5.97. The number of allylic oxidation sites excluding steroid dienone is 1. The molecular formula is C8H14O. The van der Waals surface area contributed by atoms with Crippen molar-refractivity contribution < 1.29 is 4.74 Å². The average molecular weight is 126 g/mol. The Morgan fingerprint density at radius 1 is 1.67 bits per heavy atom. The summed E-state index contributed by atoms with van der Waals surface area (Å²) in [6.07, 6.45) is 8.36. The smallest absolute Gasteiger partial charge is 0.0756 e. The van der Waals surface area contributed by atoms with Gasteiger partial charge in [-0.1, -0.05) is 19.1 Å². The second-order valence-electron chi connectivity index (χ2n) is 2.39. The molecule has 0 spiro atoms. The molecule has 1 fully saturated rings. The molecule has 1 atom stereocenters. The lowest BCUT2D eigenvalue weighted by atomic mass is 10.2. The highest BCUT2D eigenvalue weighted by Crippen LogP contribution is 2.12. The average Bonchev–Trinajstić information content (AvgIpc) is 2.34. The van der Waals surface area contributed by atoms with Gasteiger partial charge in [-0.25, -0.2) is 0 Å². The summed E-state index contributed by atoms with van der Waals surface area (Å²) in [5.41, 5.74) is 0. The molecule has 0 aromatic rings. The van der Waals surface area contributed by atoms with Gasteiger partial charge in [0, 0.05) is 6.61 Å². The molecule has 0 N–H and O–H groups in total. The molecule has 0 radical (unpaired) electrons. The van der Waals surface area contributed by atoms with Crippen molar-refractivity contribution in [3.63, 3.8) is 0 Å². The van der Waals surface area contributed by atoms with Gasteiger partial charge in [0.05, 0.1) is 6.10 Å². The summed E-state index contributed by atoms with van der Waals surface area (Å²) in [5.74, 6) is 0. The molecule has 1 unspecified atom stereocenters. The summed E-state index contributed by atoms with van der Waals surface area (Å²) < 4.78 is 5.37. The minimum Gasteiger partial charge on any atom is -0.374 e. The van der Waals surface area contributed by atoms with Crippen LogP contribution in [0.25, 0.3) is 0 Å². The third-order valence-electron chi connectivity index (χ3n) is 1.55. The highest BCUT2D eigenvalue weighted by atomic mass is 16.5. The fourth-order valence-electron chi connectivity index (χ4n) is 1.04. The Morgan fingerprint density at radius 3 is 3.11 bits per heavy atom. The Bertz CT molecular complexity index is 90.7. The van der Waals surface area contributed by atoms with E-state index in [2.05, 4.69) is 19.1 Å². The van der Waals surface area contributed by atoms with Gasteiger partial charge in [-0.2, -0.15) is 0 Å². The molecule has 52 valence electrons. The van der Waals surface area contributed by atoms with E-state index < -0.39 is 0 Å². The van der Waals surface area contributed by atoms with Gasteiger partial charge >= 0.3 is 0 Å². The maximum atomic E-state index is 5.37. The second-order valence-corrected chi connectivity index (χ2v) is 2.39. The molecule has 1 aliphatic rings. The van der Waals surface area contributed by atoms with Crippen LogP contribution < -0.4 is 0 Å². The third-order valence-corrected chi connectivity index (χ3v) is 1.55. The SMILES string of the molecule is CC/C=C/C1CCCO1. The van der Waals surface area contributed by atoms with Gasteiger partial charge in [0.2, 0.25) is 0 Å². The fourth-order valence-corrected chi connectivity index (χ4v) is 1.04. The summed E-state index contributed by atoms with van der Waals surface area (Å²) in [5, 5.41) is 0. The molecular weight excluding hydrogens is 112 g/mol. The van der Waals surface area contributed by atoms with E-state index in [9.17, 15) is 0 Å². The zero-order valence-electron chi connectivity index (χ0n) is 5.97. The molecule has 1 heteroatoms. The van der Waals surface area contributed by atoms with Crippen LogP contribution >= 0.6 is 0 Å². The first-order valence-corrected chi connectivity index (χ1v) is 3.71. The van der Waals surface area contributed by atoms with Crippen LogP contribution in [0.3, 0.4) is 0 Å². The van der Waals surface area contributed by atoms with Crippen LogP contribution in [-0.2, 0) is 4.74 Å². The predicted octanol–water partition coefficient (Wildman–Crippen LogP) is 2.13. The largest absolute Gasteiger partial charge is 0.374 e. The molecule has 9 heavy (non-hydrogen) atoms. The highest BCUT2D eigenvalue weighted by Gasteiger charge is 2.10. The molecule has 0 aliphatic carbocycles. The predicted molar refractivity (Wildman–Crippen MR) is 38.4 cm³/mol. The quantitative estimate of drug-likeness (QED) is 0.515. The first kappa shape index (κ1) is 6.81. The van der Waals surface area contributed by atoms with Crippen molar-refractivity contribution in [2.45, 2.75) is 32.3 Å². The van der Waals surface area contributed by atoms with E-state index in [4.69, 9.17) is 4.74 Å². The van der Waals surface area contributed by atoms with Crippen molar-refractivity contribution in [2.24, 2.45) is 0 Å². The van der Waals surface area contributed by atoms with Gasteiger partial charge in [0.15, 0.2) is 0 Å². The molecule has 0 aromatic heterocycles. The number of ether oxygens (including phenoxy) is 1. The lowest BCUT2D eigenvalue weighted by Crippen LogP contribution is -1.98. The molecule has 1 rings (SSSR count). The van der Waals surface area contributed by atoms with Crippen LogP contribution in [-0.4, -0.2) is 12.7 Å². The topological polar surface area (TPSA) is 9.23 Å². The van der Waals surface area contributed by atoms with Crippen molar-refractivity contribution in [1.29, 1.82) is 0 Å². The molecule has 1 heterocycles. The van der Waals surface area contributed by atoms with Gasteiger partial charge in [-0.3, -0.25) is 0 Å². The fraction of sp³-hybridized carbons (Fsp3) is 0.750. The van der Waals surface area contributed by atoms with E-state index in [1.807, 2.05) is 0 Å². The maximum Gasteiger partial charge on any atom is 0.0756 e. The lowest BCUT2D eigenvalue weighted by Gasteiger charge is -1.99. The standard InChI is InChI=1S/C8H14O/c1-2-3-5-8-6-4-7-9-8/h3,5,8H,2,4,6-7H2,1H3/b5-3+. The van der Waals surface area contributed by atoms with E-state index in [0.29, 0.717) is 6.10 Å². The summed E-state index contributed by atoms with van der Waals surface area (Å²) in [7, 11) is 0. The van der Waals surface area contributed by atoms with E-state index in [-0.39, 0.29) is 0 Å². The van der Waals surface area contributed by atoms with E-state index in [1.165, 1.54) is 12.8 Å². The van der Waals surface area contributed by atoms with Gasteiger partial charge in [-0.15, -0.1) is 0 Å². The van der Waals surface area contributed by atoms with Crippen molar-refractivity contribution >= 4 is 0 Å². The first-order chi connectivity index (χ1) is 4.43. The lowest BCUT2D eigenvalue weighted by molar-refractivity contribution is 0.145. The number of hydrogen-bond acceptors (Lipinski definition) is 1. The van der Waals surface area contributed by atoms with Crippen LogP contribution in [0, 0.1) is 0 Å². The van der Waals surface area contributed by atoms with Gasteiger partial charge < -0.3 is 4.74 Å². The zero-order chi connectivity index (χ0) is 6.53. The Morgan fingerprint density at radius 2 is 2.56 bits per heavy atom. The van der Waals surface area contributed by atoms with Crippen molar-refractivity contribution in [3.8, 4) is 0 Å².